The van der Waals surface area contributed by atoms with Gasteiger partial charge in [0, 0.05) is 24.2 Å². The molecule has 0 heterocycles. The van der Waals surface area contributed by atoms with Crippen molar-refractivity contribution in [1.29, 1.82) is 0 Å². The number of ketones is 1. The standard InChI is InChI=1S/C24H32N2O4/c1-6-22(28)19-7-9-21(10-8-19)30-15-20(27)13-26(5)14-23(29)25-24-17(3)11-16(2)12-18(24)4/h7-12,20,27H,6,13-15H2,1-5H3,(H,25,29). The molecule has 30 heavy (non-hydrogen) atoms. The SMILES string of the molecule is CCC(=O)c1ccc(OCC(O)CN(C)CC(=O)Nc2c(C)cc(C)cc2C)cc1. The largest absolute Gasteiger partial charge is 0.491 e. The second-order valence-electron chi connectivity index (χ2n) is 7.78. The summed E-state index contributed by atoms with van der Waals surface area (Å²) >= 11 is 0. The van der Waals surface area contributed by atoms with Gasteiger partial charge in [-0.25, -0.2) is 0 Å². The van der Waals surface area contributed by atoms with Crippen molar-refractivity contribution in [2.24, 2.45) is 0 Å². The average molecular weight is 413 g/mol. The summed E-state index contributed by atoms with van der Waals surface area (Å²) in [6, 6.07) is 11.0. The molecular weight excluding hydrogens is 380 g/mol. The first-order chi connectivity index (χ1) is 14.2. The maximum atomic E-state index is 12.4. The predicted molar refractivity (Wildman–Crippen MR) is 119 cm³/mol. The Morgan fingerprint density at radius 3 is 2.27 bits per heavy atom. The fourth-order valence-corrected chi connectivity index (χ4v) is 3.41. The molecular formula is C24H32N2O4. The molecule has 0 fully saturated rings. The number of Topliss-reactive ketones (excluding diaryl/α,β-unsaturated/α-hetero) is 1. The molecule has 0 aliphatic rings. The molecule has 2 aromatic carbocycles. The van der Waals surface area contributed by atoms with Gasteiger partial charge in [-0.15, -0.1) is 0 Å². The molecule has 2 rings (SSSR count). The van der Waals surface area contributed by atoms with E-state index in [2.05, 4.69) is 5.32 Å². The van der Waals surface area contributed by atoms with Crippen molar-refractivity contribution < 1.29 is 19.4 Å². The van der Waals surface area contributed by atoms with Crippen LogP contribution in [0.25, 0.3) is 0 Å². The van der Waals surface area contributed by atoms with Crippen LogP contribution in [0.15, 0.2) is 36.4 Å². The fraction of sp³-hybridized carbons (Fsp3) is 0.417. The van der Waals surface area contributed by atoms with Crippen molar-refractivity contribution in [3.63, 3.8) is 0 Å². The number of nitrogens with zero attached hydrogens (tertiary/aromatic N) is 1. The number of carbonyl (C=O) groups excluding carboxylic acids is 2. The smallest absolute Gasteiger partial charge is 0.238 e. The molecule has 1 unspecified atom stereocenters. The number of amides is 1. The fourth-order valence-electron chi connectivity index (χ4n) is 3.41. The lowest BCUT2D eigenvalue weighted by atomic mass is 10.1. The van der Waals surface area contributed by atoms with E-state index in [1.807, 2.05) is 39.8 Å². The lowest BCUT2D eigenvalue weighted by molar-refractivity contribution is -0.117. The summed E-state index contributed by atoms with van der Waals surface area (Å²) in [7, 11) is 1.78. The summed E-state index contributed by atoms with van der Waals surface area (Å²) in [4.78, 5) is 25.8. The zero-order chi connectivity index (χ0) is 22.3. The molecule has 6 nitrogen and oxygen atoms in total. The molecule has 0 bridgehead atoms. The van der Waals surface area contributed by atoms with Crippen molar-refractivity contribution in [2.45, 2.75) is 40.2 Å². The van der Waals surface area contributed by atoms with Gasteiger partial charge in [0.1, 0.15) is 18.5 Å². The third kappa shape index (κ3) is 6.97. The molecule has 1 atom stereocenters. The molecule has 0 spiro atoms. The molecule has 0 aromatic heterocycles. The summed E-state index contributed by atoms with van der Waals surface area (Å²) in [5.41, 5.74) is 4.71. The van der Waals surface area contributed by atoms with Crippen LogP contribution in [-0.2, 0) is 4.79 Å². The monoisotopic (exact) mass is 412 g/mol. The first-order valence-electron chi connectivity index (χ1n) is 10.2. The van der Waals surface area contributed by atoms with Crippen molar-refractivity contribution in [2.75, 3.05) is 32.1 Å². The molecule has 2 N–H and O–H groups in total. The first kappa shape index (κ1) is 23.6. The summed E-state index contributed by atoms with van der Waals surface area (Å²) in [6.45, 7) is 8.37. The number of nitrogens with one attached hydrogen (secondary N) is 1. The van der Waals surface area contributed by atoms with Crippen molar-refractivity contribution in [1.82, 2.24) is 4.90 Å². The highest BCUT2D eigenvalue weighted by Crippen LogP contribution is 2.21. The van der Waals surface area contributed by atoms with E-state index in [0.29, 0.717) is 24.3 Å². The highest BCUT2D eigenvalue weighted by molar-refractivity contribution is 5.96. The Morgan fingerprint density at radius 1 is 1.10 bits per heavy atom. The first-order valence-corrected chi connectivity index (χ1v) is 10.2. The van der Waals surface area contributed by atoms with Gasteiger partial charge in [0.05, 0.1) is 6.54 Å². The Bertz CT molecular complexity index is 854. The molecule has 0 saturated carbocycles. The van der Waals surface area contributed by atoms with Gasteiger partial charge in [0.15, 0.2) is 5.78 Å². The van der Waals surface area contributed by atoms with Crippen LogP contribution in [0.5, 0.6) is 5.75 Å². The zero-order valence-electron chi connectivity index (χ0n) is 18.5. The minimum absolute atomic E-state index is 0.0810. The molecule has 1 amide bonds. The van der Waals surface area contributed by atoms with E-state index >= 15 is 0 Å². The molecule has 0 radical (unpaired) electrons. The van der Waals surface area contributed by atoms with Crippen LogP contribution in [0.2, 0.25) is 0 Å². The normalized spacial score (nSPS) is 12.0. The number of aliphatic hydroxyl groups is 1. The van der Waals surface area contributed by atoms with Crippen molar-refractivity contribution in [3.05, 3.63) is 58.7 Å². The van der Waals surface area contributed by atoms with E-state index in [4.69, 9.17) is 4.74 Å². The van der Waals surface area contributed by atoms with E-state index < -0.39 is 6.10 Å². The van der Waals surface area contributed by atoms with Crippen molar-refractivity contribution >= 4 is 17.4 Å². The third-order valence-corrected chi connectivity index (χ3v) is 4.82. The molecule has 0 aliphatic heterocycles. The molecule has 6 heteroatoms. The van der Waals surface area contributed by atoms with Crippen LogP contribution >= 0.6 is 0 Å². The van der Waals surface area contributed by atoms with Crippen LogP contribution in [0.4, 0.5) is 5.69 Å². The lowest BCUT2D eigenvalue weighted by Crippen LogP contribution is -2.38. The molecule has 0 aliphatic carbocycles. The number of rotatable bonds is 10. The topological polar surface area (TPSA) is 78.9 Å². The summed E-state index contributed by atoms with van der Waals surface area (Å²) < 4.78 is 5.59. The number of ether oxygens (including phenoxy) is 1. The second-order valence-corrected chi connectivity index (χ2v) is 7.78. The van der Waals surface area contributed by atoms with Crippen molar-refractivity contribution in [3.8, 4) is 5.75 Å². The highest BCUT2D eigenvalue weighted by Gasteiger charge is 2.14. The second kappa shape index (κ2) is 10.9. The van der Waals surface area contributed by atoms with E-state index in [1.165, 1.54) is 0 Å². The molecule has 162 valence electrons. The zero-order valence-corrected chi connectivity index (χ0v) is 18.5. The summed E-state index contributed by atoms with van der Waals surface area (Å²) in [6.07, 6.45) is -0.287. The van der Waals surface area contributed by atoms with E-state index in [-0.39, 0.29) is 24.8 Å². The maximum absolute atomic E-state index is 12.4. The van der Waals surface area contributed by atoms with Gasteiger partial charge in [-0.3, -0.25) is 14.5 Å². The predicted octanol–water partition coefficient (Wildman–Crippen LogP) is 3.51. The minimum Gasteiger partial charge on any atom is -0.491 e. The number of aryl methyl sites for hydroxylation is 3. The Labute approximate surface area is 178 Å². The number of hydrogen-bond acceptors (Lipinski definition) is 5. The highest BCUT2D eigenvalue weighted by atomic mass is 16.5. The van der Waals surface area contributed by atoms with Gasteiger partial charge >= 0.3 is 0 Å². The minimum atomic E-state index is -0.748. The van der Waals surface area contributed by atoms with Gasteiger partial charge in [0.2, 0.25) is 5.91 Å². The van der Waals surface area contributed by atoms with Gasteiger partial charge in [0.25, 0.3) is 0 Å². The number of likely N-dealkylation sites (N-methyl/N-ethyl adjacent to an activating group) is 1. The van der Waals surface area contributed by atoms with Gasteiger partial charge < -0.3 is 15.2 Å². The number of anilines is 1. The maximum Gasteiger partial charge on any atom is 0.238 e. The summed E-state index contributed by atoms with van der Waals surface area (Å²) in [5.74, 6) is 0.543. The third-order valence-electron chi connectivity index (χ3n) is 4.82. The van der Waals surface area contributed by atoms with Crippen LogP contribution in [-0.4, -0.2) is 54.5 Å². The average Bonchev–Trinajstić information content (AvgIpc) is 2.68. The Hall–Kier alpha value is -2.70. The number of hydrogen-bond donors (Lipinski definition) is 2. The van der Waals surface area contributed by atoms with Crippen LogP contribution in [0.3, 0.4) is 0 Å². The number of carbonyl (C=O) groups is 2. The van der Waals surface area contributed by atoms with E-state index in [1.54, 1.807) is 36.2 Å². The molecule has 0 saturated heterocycles. The Morgan fingerprint density at radius 2 is 1.70 bits per heavy atom. The van der Waals surface area contributed by atoms with Gasteiger partial charge in [-0.2, -0.15) is 0 Å². The van der Waals surface area contributed by atoms with E-state index in [9.17, 15) is 14.7 Å². The van der Waals surface area contributed by atoms with Crippen LogP contribution < -0.4 is 10.1 Å². The van der Waals surface area contributed by atoms with E-state index in [0.717, 1.165) is 22.4 Å². The van der Waals surface area contributed by atoms with Gasteiger partial charge in [-0.05, 0) is 63.2 Å². The lowest BCUT2D eigenvalue weighted by Gasteiger charge is -2.21. The number of benzene rings is 2. The molecule has 2 aromatic rings. The quantitative estimate of drug-likeness (QED) is 0.584. The van der Waals surface area contributed by atoms with Crippen LogP contribution in [0, 0.1) is 20.8 Å². The number of aliphatic hydroxyl groups excluding tert-OH is 1. The Balaban J connectivity index is 1.79. The Kier molecular flexibility index (Phi) is 8.57. The van der Waals surface area contributed by atoms with Gasteiger partial charge in [-0.1, -0.05) is 24.6 Å². The summed E-state index contributed by atoms with van der Waals surface area (Å²) in [5, 5.41) is 13.2. The van der Waals surface area contributed by atoms with Crippen LogP contribution in [0.1, 0.15) is 40.4 Å².